The van der Waals surface area contributed by atoms with Gasteiger partial charge in [0.15, 0.2) is 0 Å². The number of amides is 1. The van der Waals surface area contributed by atoms with Crippen molar-refractivity contribution in [2.24, 2.45) is 0 Å². The standard InChI is InChI=1S/C17H24BrFNO5/c1-17(2,3)25-16(22)20(4,24-6)14(15(21)23-5)9-11-7-12(18)10-13(19)8-11/h7-8,10,14H,9H2,1-6H3/q+1. The normalized spacial score (nSPS) is 15.2. The van der Waals surface area contributed by atoms with E-state index in [1.54, 1.807) is 26.8 Å². The molecule has 2 unspecified atom stereocenters. The second kappa shape index (κ2) is 8.25. The Morgan fingerprint density at radius 2 is 1.84 bits per heavy atom. The van der Waals surface area contributed by atoms with Crippen molar-refractivity contribution < 1.29 is 32.9 Å². The van der Waals surface area contributed by atoms with Crippen molar-refractivity contribution in [2.75, 3.05) is 21.3 Å². The van der Waals surface area contributed by atoms with Gasteiger partial charge in [0.05, 0.1) is 14.2 Å². The van der Waals surface area contributed by atoms with E-state index in [4.69, 9.17) is 14.3 Å². The van der Waals surface area contributed by atoms with Gasteiger partial charge in [-0.2, -0.15) is 9.63 Å². The number of rotatable bonds is 5. The lowest BCUT2D eigenvalue weighted by molar-refractivity contribution is -1.04. The fourth-order valence-corrected chi connectivity index (χ4v) is 2.74. The lowest BCUT2D eigenvalue weighted by Crippen LogP contribution is -2.61. The summed E-state index contributed by atoms with van der Waals surface area (Å²) < 4.78 is 23.6. The molecule has 0 aromatic heterocycles. The molecule has 8 heteroatoms. The van der Waals surface area contributed by atoms with Gasteiger partial charge in [-0.3, -0.25) is 0 Å². The number of carbonyl (C=O) groups is 2. The predicted octanol–water partition coefficient (Wildman–Crippen LogP) is 3.62. The van der Waals surface area contributed by atoms with E-state index >= 15 is 0 Å². The molecule has 0 spiro atoms. The van der Waals surface area contributed by atoms with E-state index < -0.39 is 34.2 Å². The quantitative estimate of drug-likeness (QED) is 0.413. The molecular formula is C17H24BrFNO5+. The van der Waals surface area contributed by atoms with E-state index in [9.17, 15) is 14.0 Å². The molecule has 0 saturated heterocycles. The third-order valence-corrected chi connectivity index (χ3v) is 4.01. The maximum atomic E-state index is 13.6. The molecule has 2 atom stereocenters. The largest absolute Gasteiger partial charge is 0.550 e. The number of methoxy groups -OCH3 is 1. The van der Waals surface area contributed by atoms with E-state index in [1.807, 2.05) is 0 Å². The summed E-state index contributed by atoms with van der Waals surface area (Å²) in [6.07, 6.45) is -0.729. The minimum Gasteiger partial charge on any atom is -0.465 e. The summed E-state index contributed by atoms with van der Waals surface area (Å²) in [5, 5.41) is 0. The van der Waals surface area contributed by atoms with Gasteiger partial charge in [0, 0.05) is 10.9 Å². The van der Waals surface area contributed by atoms with Crippen LogP contribution in [0.25, 0.3) is 0 Å². The first-order valence-electron chi connectivity index (χ1n) is 7.61. The first-order chi connectivity index (χ1) is 11.4. The number of benzene rings is 1. The van der Waals surface area contributed by atoms with Crippen molar-refractivity contribution in [3.05, 3.63) is 34.1 Å². The summed E-state index contributed by atoms with van der Waals surface area (Å²) in [5.74, 6) is -1.13. The first kappa shape index (κ1) is 21.5. The van der Waals surface area contributed by atoms with Gasteiger partial charge in [-0.15, -0.1) is 0 Å². The molecule has 0 aliphatic rings. The predicted molar refractivity (Wildman–Crippen MR) is 93.0 cm³/mol. The van der Waals surface area contributed by atoms with E-state index in [-0.39, 0.29) is 6.42 Å². The highest BCUT2D eigenvalue weighted by Crippen LogP contribution is 2.24. The smallest absolute Gasteiger partial charge is 0.465 e. The molecule has 0 radical (unpaired) electrons. The Kier molecular flexibility index (Phi) is 7.10. The Balaban J connectivity index is 3.26. The molecule has 1 aromatic carbocycles. The van der Waals surface area contributed by atoms with Crippen LogP contribution in [-0.4, -0.2) is 49.6 Å². The number of quaternary nitrogens is 1. The van der Waals surface area contributed by atoms with Crippen LogP contribution in [0.1, 0.15) is 26.3 Å². The maximum absolute atomic E-state index is 13.6. The molecule has 0 saturated carbocycles. The van der Waals surface area contributed by atoms with Crippen LogP contribution in [-0.2, 0) is 25.5 Å². The third kappa shape index (κ3) is 5.76. The van der Waals surface area contributed by atoms with E-state index in [2.05, 4.69) is 15.9 Å². The monoisotopic (exact) mass is 420 g/mol. The zero-order valence-corrected chi connectivity index (χ0v) is 16.8. The molecule has 25 heavy (non-hydrogen) atoms. The van der Waals surface area contributed by atoms with Crippen LogP contribution >= 0.6 is 15.9 Å². The molecular weight excluding hydrogens is 397 g/mol. The van der Waals surface area contributed by atoms with Crippen LogP contribution in [0.2, 0.25) is 0 Å². The molecule has 0 aliphatic carbocycles. The first-order valence-corrected chi connectivity index (χ1v) is 8.40. The van der Waals surface area contributed by atoms with Gasteiger partial charge in [0.2, 0.25) is 6.04 Å². The average molecular weight is 421 g/mol. The molecule has 0 heterocycles. The number of likely N-dealkylation sites (N-methyl/N-ethyl adjacent to an activating group) is 1. The Morgan fingerprint density at radius 3 is 2.28 bits per heavy atom. The molecule has 1 rings (SSSR count). The SMILES string of the molecule is COC(=O)C(Cc1cc(F)cc(Br)c1)[N+](C)(OC)C(=O)OC(C)(C)C. The van der Waals surface area contributed by atoms with E-state index in [0.717, 1.165) is 0 Å². The summed E-state index contributed by atoms with van der Waals surface area (Å²) >= 11 is 3.21. The van der Waals surface area contributed by atoms with Crippen molar-refractivity contribution in [1.82, 2.24) is 0 Å². The van der Waals surface area contributed by atoms with Gasteiger partial charge in [-0.05, 0) is 44.5 Å². The fraction of sp³-hybridized carbons (Fsp3) is 0.529. The number of hydrogen-bond acceptors (Lipinski definition) is 5. The lowest BCUT2D eigenvalue weighted by Gasteiger charge is -2.34. The highest BCUT2D eigenvalue weighted by atomic mass is 79.9. The second-order valence-corrected chi connectivity index (χ2v) is 7.59. The highest BCUT2D eigenvalue weighted by molar-refractivity contribution is 9.10. The van der Waals surface area contributed by atoms with Crippen LogP contribution < -0.4 is 0 Å². The molecule has 0 N–H and O–H groups in total. The van der Waals surface area contributed by atoms with E-state index in [0.29, 0.717) is 10.0 Å². The minimum atomic E-state index is -1.07. The summed E-state index contributed by atoms with van der Waals surface area (Å²) in [7, 11) is 3.91. The van der Waals surface area contributed by atoms with Gasteiger partial charge in [0.25, 0.3) is 0 Å². The summed E-state index contributed by atoms with van der Waals surface area (Å²) in [6, 6.07) is 3.18. The van der Waals surface area contributed by atoms with Crippen molar-refractivity contribution in [2.45, 2.75) is 38.8 Å². The zero-order valence-electron chi connectivity index (χ0n) is 15.3. The Hall–Kier alpha value is -1.51. The molecule has 0 aliphatic heterocycles. The van der Waals surface area contributed by atoms with Crippen molar-refractivity contribution in [3.63, 3.8) is 0 Å². The van der Waals surface area contributed by atoms with Crippen LogP contribution in [0.5, 0.6) is 0 Å². The maximum Gasteiger partial charge on any atom is 0.550 e. The summed E-state index contributed by atoms with van der Waals surface area (Å²) in [6.45, 7) is 5.13. The Morgan fingerprint density at radius 1 is 1.24 bits per heavy atom. The van der Waals surface area contributed by atoms with E-state index in [1.165, 1.54) is 33.4 Å². The van der Waals surface area contributed by atoms with Crippen LogP contribution in [0.4, 0.5) is 9.18 Å². The molecule has 0 bridgehead atoms. The number of nitrogens with zero attached hydrogens (tertiary/aromatic N) is 1. The van der Waals surface area contributed by atoms with Gasteiger partial charge < -0.3 is 9.47 Å². The molecule has 6 nitrogen and oxygen atoms in total. The number of esters is 1. The number of ether oxygens (including phenoxy) is 2. The molecule has 0 fully saturated rings. The van der Waals surface area contributed by atoms with Gasteiger partial charge in [-0.1, -0.05) is 20.6 Å². The lowest BCUT2D eigenvalue weighted by atomic mass is 10.0. The minimum absolute atomic E-state index is 0.0205. The Labute approximate surface area is 155 Å². The summed E-state index contributed by atoms with van der Waals surface area (Å²) in [4.78, 5) is 30.3. The molecule has 140 valence electrons. The summed E-state index contributed by atoms with van der Waals surface area (Å²) in [5.41, 5.74) is -0.259. The topological polar surface area (TPSA) is 61.8 Å². The van der Waals surface area contributed by atoms with Crippen LogP contribution in [0.3, 0.4) is 0 Å². The molecule has 1 amide bonds. The van der Waals surface area contributed by atoms with Crippen LogP contribution in [0, 0.1) is 5.82 Å². The third-order valence-electron chi connectivity index (χ3n) is 3.55. The Bertz CT molecular complexity index is 626. The van der Waals surface area contributed by atoms with Crippen molar-refractivity contribution in [1.29, 1.82) is 0 Å². The average Bonchev–Trinajstić information content (AvgIpc) is 2.48. The second-order valence-electron chi connectivity index (χ2n) is 6.67. The van der Waals surface area contributed by atoms with Gasteiger partial charge >= 0.3 is 12.1 Å². The fourth-order valence-electron chi connectivity index (χ4n) is 2.23. The number of hydrogen-bond donors (Lipinski definition) is 0. The van der Waals surface area contributed by atoms with Gasteiger partial charge in [-0.25, -0.2) is 9.18 Å². The van der Waals surface area contributed by atoms with Gasteiger partial charge in [0.1, 0.15) is 18.5 Å². The number of hydroxylamine groups is 3. The number of halogens is 2. The zero-order chi connectivity index (χ0) is 19.4. The van der Waals surface area contributed by atoms with Crippen molar-refractivity contribution in [3.8, 4) is 0 Å². The molecule has 1 aromatic rings. The highest BCUT2D eigenvalue weighted by Gasteiger charge is 2.50. The van der Waals surface area contributed by atoms with Crippen molar-refractivity contribution >= 4 is 28.0 Å². The van der Waals surface area contributed by atoms with Crippen LogP contribution in [0.15, 0.2) is 22.7 Å². The number of carbonyl (C=O) groups excluding carboxylic acids is 2.